The highest BCUT2D eigenvalue weighted by molar-refractivity contribution is 7.99. The second kappa shape index (κ2) is 8.64. The Bertz CT molecular complexity index is 733. The first-order chi connectivity index (χ1) is 12.2. The van der Waals surface area contributed by atoms with Gasteiger partial charge in [-0.25, -0.2) is 0 Å². The lowest BCUT2D eigenvalue weighted by atomic mass is 10.1. The van der Waals surface area contributed by atoms with E-state index in [4.69, 9.17) is 0 Å². The summed E-state index contributed by atoms with van der Waals surface area (Å²) in [5, 5.41) is 9.01. The smallest absolute Gasteiger partial charge is 0.255 e. The van der Waals surface area contributed by atoms with Crippen LogP contribution in [0.15, 0.2) is 48.8 Å². The molecule has 1 saturated heterocycles. The van der Waals surface area contributed by atoms with Crippen LogP contribution in [0.1, 0.15) is 16.8 Å². The van der Waals surface area contributed by atoms with Crippen molar-refractivity contribution in [3.05, 3.63) is 54.4 Å². The highest BCUT2D eigenvalue weighted by Crippen LogP contribution is 2.15. The highest BCUT2D eigenvalue weighted by Gasteiger charge is 2.17. The Kier molecular flexibility index (Phi) is 6.03. The first-order valence-corrected chi connectivity index (χ1v) is 9.28. The van der Waals surface area contributed by atoms with Crippen molar-refractivity contribution in [2.45, 2.75) is 12.5 Å². The minimum Gasteiger partial charge on any atom is -0.326 e. The van der Waals surface area contributed by atoms with Crippen LogP contribution in [-0.2, 0) is 4.79 Å². The maximum absolute atomic E-state index is 12.3. The normalized spacial score (nSPS) is 16.9. The molecule has 7 heteroatoms. The number of hydrogen-bond acceptors (Lipinski definition) is 5. The fraction of sp³-hybridized carbons (Fsp3) is 0.278. The number of amides is 2. The van der Waals surface area contributed by atoms with Gasteiger partial charge in [0.2, 0.25) is 5.91 Å². The standard InChI is InChI=1S/C18H20N4O2S/c23-17(11-16-12-25-9-8-20-16)21-15-3-1-2-13(10-15)18(24)22-14-4-6-19-7-5-14/h1-7,10,16,20H,8-9,11-12H2,(H,21,23)(H,19,22,24). The molecule has 1 atom stereocenters. The highest BCUT2D eigenvalue weighted by atomic mass is 32.2. The van der Waals surface area contributed by atoms with E-state index >= 15 is 0 Å². The zero-order valence-corrected chi connectivity index (χ0v) is 14.5. The van der Waals surface area contributed by atoms with Gasteiger partial charge in [-0.1, -0.05) is 6.07 Å². The monoisotopic (exact) mass is 356 g/mol. The molecule has 0 spiro atoms. The van der Waals surface area contributed by atoms with Crippen LogP contribution < -0.4 is 16.0 Å². The number of rotatable bonds is 5. The number of anilines is 2. The van der Waals surface area contributed by atoms with Gasteiger partial charge >= 0.3 is 0 Å². The van der Waals surface area contributed by atoms with Crippen molar-refractivity contribution >= 4 is 35.0 Å². The topological polar surface area (TPSA) is 83.1 Å². The number of pyridine rings is 1. The van der Waals surface area contributed by atoms with Gasteiger partial charge in [-0.3, -0.25) is 14.6 Å². The molecule has 1 unspecified atom stereocenters. The van der Waals surface area contributed by atoms with Crippen LogP contribution in [0.4, 0.5) is 11.4 Å². The van der Waals surface area contributed by atoms with Crippen LogP contribution >= 0.6 is 11.8 Å². The molecule has 0 saturated carbocycles. The number of thioether (sulfide) groups is 1. The molecule has 3 rings (SSSR count). The number of nitrogens with one attached hydrogen (secondary N) is 3. The Hall–Kier alpha value is -2.38. The quantitative estimate of drug-likeness (QED) is 0.766. The van der Waals surface area contributed by atoms with Crippen molar-refractivity contribution in [1.29, 1.82) is 0 Å². The molecular weight excluding hydrogens is 336 g/mol. The van der Waals surface area contributed by atoms with Crippen LogP contribution in [0.5, 0.6) is 0 Å². The molecule has 1 fully saturated rings. The van der Waals surface area contributed by atoms with Gasteiger partial charge in [0.15, 0.2) is 0 Å². The molecule has 2 aromatic rings. The third-order valence-corrected chi connectivity index (χ3v) is 4.91. The average Bonchev–Trinajstić information content (AvgIpc) is 2.63. The minimum atomic E-state index is -0.229. The summed E-state index contributed by atoms with van der Waals surface area (Å²) in [7, 11) is 0. The van der Waals surface area contributed by atoms with Crippen molar-refractivity contribution in [1.82, 2.24) is 10.3 Å². The van der Waals surface area contributed by atoms with E-state index in [0.29, 0.717) is 23.4 Å². The summed E-state index contributed by atoms with van der Waals surface area (Å²) >= 11 is 1.86. The van der Waals surface area contributed by atoms with E-state index in [1.165, 1.54) is 0 Å². The number of benzene rings is 1. The lowest BCUT2D eigenvalue weighted by molar-refractivity contribution is -0.116. The van der Waals surface area contributed by atoms with Crippen LogP contribution in [-0.4, -0.2) is 40.9 Å². The summed E-state index contributed by atoms with van der Waals surface area (Å²) in [6, 6.07) is 10.6. The maximum atomic E-state index is 12.3. The fourth-order valence-corrected chi connectivity index (χ4v) is 3.51. The lowest BCUT2D eigenvalue weighted by Crippen LogP contribution is -2.39. The summed E-state index contributed by atoms with van der Waals surface area (Å²) in [5.41, 5.74) is 1.78. The molecule has 1 aromatic heterocycles. The number of hydrogen-bond donors (Lipinski definition) is 3. The van der Waals surface area contributed by atoms with E-state index in [2.05, 4.69) is 20.9 Å². The van der Waals surface area contributed by atoms with E-state index < -0.39 is 0 Å². The largest absolute Gasteiger partial charge is 0.326 e. The Morgan fingerprint density at radius 1 is 1.16 bits per heavy atom. The second-order valence-electron chi connectivity index (χ2n) is 5.75. The van der Waals surface area contributed by atoms with Gasteiger partial charge in [0, 0.05) is 59.8 Å². The maximum Gasteiger partial charge on any atom is 0.255 e. The predicted octanol–water partition coefficient (Wildman–Crippen LogP) is 2.37. The third-order valence-electron chi connectivity index (χ3n) is 3.78. The number of carbonyl (C=O) groups is 2. The average molecular weight is 356 g/mol. The Balaban J connectivity index is 1.58. The lowest BCUT2D eigenvalue weighted by Gasteiger charge is -2.22. The van der Waals surface area contributed by atoms with Crippen molar-refractivity contribution in [2.24, 2.45) is 0 Å². The van der Waals surface area contributed by atoms with E-state index in [9.17, 15) is 9.59 Å². The van der Waals surface area contributed by atoms with Gasteiger partial charge < -0.3 is 16.0 Å². The van der Waals surface area contributed by atoms with Gasteiger partial charge in [0.25, 0.3) is 5.91 Å². The Morgan fingerprint density at radius 3 is 2.76 bits per heavy atom. The van der Waals surface area contributed by atoms with Gasteiger partial charge in [0.1, 0.15) is 0 Å². The molecule has 0 aliphatic carbocycles. The number of carbonyl (C=O) groups excluding carboxylic acids is 2. The third kappa shape index (κ3) is 5.30. The van der Waals surface area contributed by atoms with Gasteiger partial charge in [-0.05, 0) is 30.3 Å². The first-order valence-electron chi connectivity index (χ1n) is 8.13. The van der Waals surface area contributed by atoms with Crippen molar-refractivity contribution in [3.63, 3.8) is 0 Å². The molecule has 1 aliphatic heterocycles. The van der Waals surface area contributed by atoms with Crippen LogP contribution in [0, 0.1) is 0 Å². The van der Waals surface area contributed by atoms with Crippen LogP contribution in [0.25, 0.3) is 0 Å². The first kappa shape index (κ1) is 17.4. The second-order valence-corrected chi connectivity index (χ2v) is 6.90. The Labute approximate surface area is 150 Å². The van der Waals surface area contributed by atoms with Crippen LogP contribution in [0.3, 0.4) is 0 Å². The minimum absolute atomic E-state index is 0.0494. The summed E-state index contributed by atoms with van der Waals surface area (Å²) < 4.78 is 0. The van der Waals surface area contributed by atoms with E-state index in [1.807, 2.05) is 11.8 Å². The predicted molar refractivity (Wildman–Crippen MR) is 101 cm³/mol. The van der Waals surface area contributed by atoms with E-state index in [1.54, 1.807) is 48.8 Å². The van der Waals surface area contributed by atoms with E-state index in [0.717, 1.165) is 18.1 Å². The molecule has 130 valence electrons. The SMILES string of the molecule is O=C(CC1CSCCN1)Nc1cccc(C(=O)Nc2ccncc2)c1. The summed E-state index contributed by atoms with van der Waals surface area (Å²) in [5.74, 6) is 1.76. The number of nitrogens with zero attached hydrogens (tertiary/aromatic N) is 1. The zero-order chi connectivity index (χ0) is 17.5. The molecule has 2 amide bonds. The molecule has 1 aliphatic rings. The number of aromatic nitrogens is 1. The molecule has 6 nitrogen and oxygen atoms in total. The Morgan fingerprint density at radius 2 is 2.00 bits per heavy atom. The van der Waals surface area contributed by atoms with Crippen molar-refractivity contribution in [2.75, 3.05) is 28.7 Å². The fourth-order valence-electron chi connectivity index (χ4n) is 2.56. The summed E-state index contributed by atoms with van der Waals surface area (Å²) in [6.45, 7) is 0.938. The van der Waals surface area contributed by atoms with Gasteiger partial charge in [0.05, 0.1) is 0 Å². The molecule has 0 bridgehead atoms. The molecule has 1 aromatic carbocycles. The van der Waals surface area contributed by atoms with E-state index in [-0.39, 0.29) is 17.9 Å². The molecule has 0 radical (unpaired) electrons. The summed E-state index contributed by atoms with van der Waals surface area (Å²) in [4.78, 5) is 28.4. The van der Waals surface area contributed by atoms with Gasteiger partial charge in [-0.15, -0.1) is 0 Å². The summed E-state index contributed by atoms with van der Waals surface area (Å²) in [6.07, 6.45) is 3.66. The van der Waals surface area contributed by atoms with Crippen molar-refractivity contribution in [3.8, 4) is 0 Å². The zero-order valence-electron chi connectivity index (χ0n) is 13.7. The molecule has 3 N–H and O–H groups in total. The van der Waals surface area contributed by atoms with Gasteiger partial charge in [-0.2, -0.15) is 11.8 Å². The molecular formula is C18H20N4O2S. The molecule has 25 heavy (non-hydrogen) atoms. The van der Waals surface area contributed by atoms with Crippen LogP contribution in [0.2, 0.25) is 0 Å². The van der Waals surface area contributed by atoms with Crippen molar-refractivity contribution < 1.29 is 9.59 Å². The molecule has 2 heterocycles.